The van der Waals surface area contributed by atoms with Crippen LogP contribution in [0.1, 0.15) is 226 Å². The van der Waals surface area contributed by atoms with E-state index in [1.165, 1.54) is 81.3 Å². The Morgan fingerprint density at radius 2 is 0.712 bits per heavy atom. The van der Waals surface area contributed by atoms with E-state index in [4.69, 9.17) is 52.1 Å². The smallest absolute Gasteiger partial charge is 0.252 e. The van der Waals surface area contributed by atoms with Crippen LogP contribution in [0.15, 0.2) is 110 Å². The predicted octanol–water partition coefficient (Wildman–Crippen LogP) is 19.2. The van der Waals surface area contributed by atoms with E-state index in [-0.39, 0.29) is 105 Å². The van der Waals surface area contributed by atoms with E-state index < -0.39 is 29.6 Å². The summed E-state index contributed by atoms with van der Waals surface area (Å²) in [6, 6.07) is 16.6. The maximum atomic E-state index is 13.2. The van der Waals surface area contributed by atoms with Crippen LogP contribution in [0.4, 0.5) is 67.4 Å². The number of hydrogen-bond acceptors (Lipinski definition) is 19. The molecule has 9 heterocycles. The molecule has 8 N–H and O–H groups in total. The summed E-state index contributed by atoms with van der Waals surface area (Å²) in [5, 5.41) is 36.3. The van der Waals surface area contributed by atoms with E-state index in [0.29, 0.717) is 122 Å². The van der Waals surface area contributed by atoms with Crippen LogP contribution in [0.3, 0.4) is 0 Å². The summed E-state index contributed by atoms with van der Waals surface area (Å²) in [6.07, 6.45) is 29.4. The fraction of sp³-hybridized carbons (Fsp3) is 0.568. The number of halogens is 14. The molecule has 0 saturated heterocycles. The number of aromatic amines is 2. The van der Waals surface area contributed by atoms with E-state index >= 15 is 0 Å². The molecular weight excluding hydrogens is 1540 g/mol. The van der Waals surface area contributed by atoms with E-state index in [0.717, 1.165) is 23.2 Å². The van der Waals surface area contributed by atoms with Crippen LogP contribution in [0.25, 0.3) is 11.8 Å². The minimum atomic E-state index is -2.52. The van der Waals surface area contributed by atoms with E-state index in [1.54, 1.807) is 52.1 Å². The molecule has 0 aliphatic heterocycles. The quantitative estimate of drug-likeness (QED) is 0.0302. The Morgan fingerprint density at radius 1 is 0.351 bits per heavy atom. The Balaban J connectivity index is 0.000000130. The molecule has 0 spiro atoms. The average molecular weight is 1630 g/mol. The number of rotatable bonds is 14. The fourth-order valence-corrected chi connectivity index (χ4v) is 13.3. The lowest BCUT2D eigenvalue weighted by molar-refractivity contribution is -0.0378. The van der Waals surface area contributed by atoms with Crippen molar-refractivity contribution in [3.05, 3.63) is 154 Å². The first-order valence-electron chi connectivity index (χ1n) is 37.7. The lowest BCUT2D eigenvalue weighted by Gasteiger charge is -2.29. The summed E-state index contributed by atoms with van der Waals surface area (Å²) in [5.41, 5.74) is 10.2. The molecular formula is C74H91Cl4F10N23. The zero-order chi connectivity index (χ0) is 78.6. The predicted molar refractivity (Wildman–Crippen MR) is 404 cm³/mol. The Hall–Kier alpha value is -8.14. The molecule has 111 heavy (non-hydrogen) atoms. The highest BCUT2D eigenvalue weighted by molar-refractivity contribution is 6.31. The van der Waals surface area contributed by atoms with E-state index in [1.807, 2.05) is 36.9 Å². The normalized spacial score (nSPS) is 20.5. The van der Waals surface area contributed by atoms with Gasteiger partial charge >= 0.3 is 0 Å². The van der Waals surface area contributed by atoms with Crippen molar-refractivity contribution in [3.63, 3.8) is 0 Å². The summed E-state index contributed by atoms with van der Waals surface area (Å²) in [4.78, 5) is 40.2. The molecule has 18 rings (SSSR count). The molecule has 9 fully saturated rings. The number of alkyl halides is 10. The first kappa shape index (κ1) is 83.8. The molecule has 9 aromatic heterocycles. The number of nitrogens with one attached hydrogen (secondary N) is 6. The van der Waals surface area contributed by atoms with E-state index in [2.05, 4.69) is 114 Å². The molecule has 0 bridgehead atoms. The molecule has 0 atom stereocenters. The third-order valence-electron chi connectivity index (χ3n) is 19.9. The Morgan fingerprint density at radius 3 is 1.10 bits per heavy atom. The van der Waals surface area contributed by atoms with Crippen molar-refractivity contribution < 1.29 is 43.9 Å². The van der Waals surface area contributed by atoms with Crippen molar-refractivity contribution >= 4 is 69.9 Å². The number of aromatic nitrogens is 18. The number of H-pyrrole nitrogens is 2. The molecule has 9 aliphatic rings. The van der Waals surface area contributed by atoms with Crippen molar-refractivity contribution in [1.82, 2.24) is 89.8 Å². The third kappa shape index (κ3) is 29.4. The number of nitrogens with two attached hydrogens (primary N) is 1. The van der Waals surface area contributed by atoms with Crippen molar-refractivity contribution in [3.8, 4) is 11.8 Å². The SMILES string of the molecule is Clc1ccnc(Cl)n1.FC1(F)CCC(Nc2ccnc(-n3ccc(C4CC4)n3)n2)CC1.FC1(F)CCC(Nc2ccnc(Cl)n2)CC1.FC1(F)CCC(Nc2nccc(-n3ccc(C4CC4)n3)n2)CC1.FC1(F)CCC(Nc2nccc(Cl)n2)CC1.NC1CCC(F)(F)CC1.c1cc(C2CC2)[nH]n1.c1cc(C2CC2)[nH]n1. The number of anilines is 4. The van der Waals surface area contributed by atoms with Gasteiger partial charge in [0.15, 0.2) is 5.82 Å². The lowest BCUT2D eigenvalue weighted by atomic mass is 9.92. The molecule has 600 valence electrons. The summed E-state index contributed by atoms with van der Waals surface area (Å²) >= 11 is 22.1. The highest BCUT2D eigenvalue weighted by atomic mass is 35.5. The van der Waals surface area contributed by atoms with Gasteiger partial charge in [-0.3, -0.25) is 10.2 Å². The first-order valence-corrected chi connectivity index (χ1v) is 39.2. The second-order valence-electron chi connectivity index (χ2n) is 29.3. The van der Waals surface area contributed by atoms with Gasteiger partial charge in [0, 0.05) is 191 Å². The van der Waals surface area contributed by atoms with Gasteiger partial charge < -0.3 is 27.0 Å². The van der Waals surface area contributed by atoms with Crippen molar-refractivity contribution in [2.24, 2.45) is 5.73 Å². The maximum Gasteiger partial charge on any atom is 0.252 e. The lowest BCUT2D eigenvalue weighted by Crippen LogP contribution is -2.32. The van der Waals surface area contributed by atoms with Crippen molar-refractivity contribution in [1.29, 1.82) is 0 Å². The van der Waals surface area contributed by atoms with Crippen LogP contribution in [-0.4, -0.2) is 150 Å². The molecule has 9 aliphatic carbocycles. The van der Waals surface area contributed by atoms with Crippen molar-refractivity contribution in [2.45, 2.75) is 263 Å². The Bertz CT molecular complexity index is 3980. The van der Waals surface area contributed by atoms with Crippen LogP contribution in [0.5, 0.6) is 0 Å². The molecule has 9 saturated carbocycles. The standard InChI is InChI=1S/2C16H19F2N5.2C10H12ClF2N3.C6H11F2N.2C6H8N2.C4H2Cl2N2/c17-16(18)7-3-12(4-8-16)20-15-19-9-5-14(21-15)23-10-6-13(22-23)11-1-2-11;17-16(18)7-3-12(4-8-16)20-14-5-9-19-15(21-14)23-10-6-13(22-23)11-1-2-11;11-9-14-6-3-8(16-9)15-7-1-4-10(12,13)5-2-7;11-8-3-6-14-9(16-8)15-7-1-4-10(12,13)5-2-7;7-6(8)3-1-5(9)2-4-6;2*1-2-5(1)6-3-4-7-8-6;5-3-1-2-7-4(6)8-3/h2*5-6,9-12H,1-4,7-8H2,(H,19,20,21);2*3,6-7H,1-2,4-5H2,(H,14,15,16);5H,1-4,9H2;2*3-5H,1-2H2,(H,7,8);1-2H. The monoisotopic (exact) mass is 1630 g/mol. The van der Waals surface area contributed by atoms with Gasteiger partial charge in [-0.15, -0.1) is 0 Å². The third-order valence-corrected chi connectivity index (χ3v) is 20.6. The largest absolute Gasteiger partial charge is 0.367 e. The first-order chi connectivity index (χ1) is 53.1. The van der Waals surface area contributed by atoms with Gasteiger partial charge in [0.2, 0.25) is 52.1 Å². The average Bonchev–Trinajstić information content (AvgIpc) is 1.73. The van der Waals surface area contributed by atoms with Crippen LogP contribution in [0.2, 0.25) is 20.9 Å². The number of nitrogens with zero attached hydrogens (tertiary/aromatic N) is 16. The van der Waals surface area contributed by atoms with Crippen molar-refractivity contribution in [2.75, 3.05) is 21.3 Å². The Kier molecular flexibility index (Phi) is 29.5. The van der Waals surface area contributed by atoms with Crippen LogP contribution >= 0.6 is 46.4 Å². The van der Waals surface area contributed by atoms with Crippen LogP contribution in [-0.2, 0) is 0 Å². The highest BCUT2D eigenvalue weighted by Crippen LogP contribution is 2.43. The van der Waals surface area contributed by atoms with Crippen LogP contribution < -0.4 is 27.0 Å². The molecule has 9 aromatic rings. The second-order valence-corrected chi connectivity index (χ2v) is 30.8. The summed E-state index contributed by atoms with van der Waals surface area (Å²) in [7, 11) is 0. The summed E-state index contributed by atoms with van der Waals surface area (Å²) < 4.78 is 133. The van der Waals surface area contributed by atoms with Gasteiger partial charge in [-0.1, -0.05) is 23.2 Å². The zero-order valence-corrected chi connectivity index (χ0v) is 63.9. The minimum absolute atomic E-state index is 0.00419. The molecule has 23 nitrogen and oxygen atoms in total. The summed E-state index contributed by atoms with van der Waals surface area (Å²) in [5.74, 6) is -6.31. The molecule has 0 aromatic carbocycles. The fourth-order valence-electron chi connectivity index (χ4n) is 12.7. The minimum Gasteiger partial charge on any atom is -0.367 e. The Labute approximate surface area is 656 Å². The molecule has 0 radical (unpaired) electrons. The topological polar surface area (TPSA) is 296 Å². The van der Waals surface area contributed by atoms with E-state index in [9.17, 15) is 43.9 Å². The number of hydrogen-bond donors (Lipinski definition) is 7. The van der Waals surface area contributed by atoms with Gasteiger partial charge in [0.25, 0.3) is 5.95 Å². The van der Waals surface area contributed by atoms with Gasteiger partial charge in [-0.05, 0) is 187 Å². The van der Waals surface area contributed by atoms with Gasteiger partial charge in [-0.2, -0.15) is 30.4 Å². The molecule has 0 amide bonds. The summed E-state index contributed by atoms with van der Waals surface area (Å²) in [6.45, 7) is 0. The highest BCUT2D eigenvalue weighted by Gasteiger charge is 2.39. The zero-order valence-electron chi connectivity index (χ0n) is 60.9. The maximum absolute atomic E-state index is 13.2. The molecule has 37 heteroatoms. The molecule has 0 unspecified atom stereocenters. The van der Waals surface area contributed by atoms with Crippen LogP contribution in [0, 0.1) is 0 Å². The van der Waals surface area contributed by atoms with Gasteiger partial charge in [0.1, 0.15) is 21.9 Å². The second kappa shape index (κ2) is 39.1. The van der Waals surface area contributed by atoms with Gasteiger partial charge in [0.05, 0.1) is 11.4 Å². The van der Waals surface area contributed by atoms with Gasteiger partial charge in [-0.25, -0.2) is 93.1 Å².